The highest BCUT2D eigenvalue weighted by Crippen LogP contribution is 2.25. The van der Waals surface area contributed by atoms with Crippen molar-refractivity contribution in [2.24, 2.45) is 5.14 Å². The van der Waals surface area contributed by atoms with Crippen LogP contribution in [-0.4, -0.2) is 8.42 Å². The Kier molecular flexibility index (Phi) is 6.63. The number of rotatable bonds is 7. The van der Waals surface area contributed by atoms with Gasteiger partial charge < -0.3 is 4.90 Å². The third-order valence-corrected chi connectivity index (χ3v) is 5.94. The standard InChI is InChI=1S/C23H25ClN2O2S/c1-17(2)20-11-9-18(10-12-20)15-26(16-19-5-3-6-21(24)13-19)22-7-4-8-23(14-22)29(25,27)28/h3-14,17H,15-16H2,1-2H3,(H2,25,27,28). The second kappa shape index (κ2) is 8.99. The van der Waals surface area contributed by atoms with Gasteiger partial charge in [0.15, 0.2) is 0 Å². The number of anilines is 1. The van der Waals surface area contributed by atoms with Gasteiger partial charge in [-0.2, -0.15) is 0 Å². The highest BCUT2D eigenvalue weighted by atomic mass is 35.5. The van der Waals surface area contributed by atoms with E-state index in [9.17, 15) is 8.42 Å². The summed E-state index contributed by atoms with van der Waals surface area (Å²) in [6.45, 7) is 5.54. The predicted molar refractivity (Wildman–Crippen MR) is 120 cm³/mol. The van der Waals surface area contributed by atoms with Gasteiger partial charge in [0.2, 0.25) is 10.0 Å². The Morgan fingerprint density at radius 3 is 2.17 bits per heavy atom. The van der Waals surface area contributed by atoms with Gasteiger partial charge in [-0.15, -0.1) is 0 Å². The summed E-state index contributed by atoms with van der Waals surface area (Å²) in [5.74, 6) is 0.470. The summed E-state index contributed by atoms with van der Waals surface area (Å²) in [6, 6.07) is 22.9. The molecule has 2 N–H and O–H groups in total. The first kappa shape index (κ1) is 21.4. The molecule has 3 rings (SSSR count). The number of hydrogen-bond acceptors (Lipinski definition) is 3. The van der Waals surface area contributed by atoms with Gasteiger partial charge in [0.25, 0.3) is 0 Å². The summed E-state index contributed by atoms with van der Waals surface area (Å²) in [7, 11) is -3.77. The average molecular weight is 429 g/mol. The van der Waals surface area contributed by atoms with Gasteiger partial charge in [0, 0.05) is 23.8 Å². The zero-order valence-corrected chi connectivity index (χ0v) is 18.1. The van der Waals surface area contributed by atoms with Gasteiger partial charge in [-0.1, -0.05) is 67.9 Å². The van der Waals surface area contributed by atoms with Gasteiger partial charge in [0.05, 0.1) is 4.90 Å². The molecule has 0 heterocycles. The maximum Gasteiger partial charge on any atom is 0.238 e. The first-order valence-electron chi connectivity index (χ1n) is 9.43. The van der Waals surface area contributed by atoms with Crippen LogP contribution in [0.2, 0.25) is 5.02 Å². The minimum atomic E-state index is -3.77. The summed E-state index contributed by atoms with van der Waals surface area (Å²) in [5.41, 5.74) is 4.24. The summed E-state index contributed by atoms with van der Waals surface area (Å²) in [4.78, 5) is 2.21. The molecule has 6 heteroatoms. The van der Waals surface area contributed by atoms with Gasteiger partial charge in [-0.3, -0.25) is 0 Å². The molecule has 0 aliphatic carbocycles. The van der Waals surface area contributed by atoms with Gasteiger partial charge >= 0.3 is 0 Å². The zero-order valence-electron chi connectivity index (χ0n) is 16.5. The molecule has 0 bridgehead atoms. The fourth-order valence-electron chi connectivity index (χ4n) is 3.18. The maximum absolute atomic E-state index is 11.8. The minimum Gasteiger partial charge on any atom is -0.363 e. The molecular weight excluding hydrogens is 404 g/mol. The van der Waals surface area contributed by atoms with Crippen molar-refractivity contribution in [1.29, 1.82) is 0 Å². The molecule has 0 radical (unpaired) electrons. The molecule has 4 nitrogen and oxygen atoms in total. The summed E-state index contributed by atoms with van der Waals surface area (Å²) in [6.07, 6.45) is 0. The van der Waals surface area contributed by atoms with E-state index in [-0.39, 0.29) is 4.90 Å². The quantitative estimate of drug-likeness (QED) is 0.554. The molecule has 3 aromatic rings. The Morgan fingerprint density at radius 1 is 0.897 bits per heavy atom. The second-order valence-electron chi connectivity index (χ2n) is 7.42. The molecule has 0 unspecified atom stereocenters. The molecule has 0 saturated carbocycles. The molecule has 0 amide bonds. The molecule has 0 atom stereocenters. The van der Waals surface area contributed by atoms with Crippen LogP contribution in [0.25, 0.3) is 0 Å². The number of benzene rings is 3. The Hall–Kier alpha value is -2.34. The van der Waals surface area contributed by atoms with Crippen molar-refractivity contribution in [3.05, 3.63) is 94.5 Å². The number of hydrogen-bond donors (Lipinski definition) is 1. The van der Waals surface area contributed by atoms with E-state index >= 15 is 0 Å². The van der Waals surface area contributed by atoms with Gasteiger partial charge in [-0.25, -0.2) is 13.6 Å². The lowest BCUT2D eigenvalue weighted by molar-refractivity contribution is 0.597. The number of nitrogens with zero attached hydrogens (tertiary/aromatic N) is 1. The van der Waals surface area contributed by atoms with Gasteiger partial charge in [0.1, 0.15) is 0 Å². The molecule has 0 saturated heterocycles. The van der Waals surface area contributed by atoms with E-state index in [1.165, 1.54) is 11.6 Å². The Balaban J connectivity index is 1.95. The summed E-state index contributed by atoms with van der Waals surface area (Å²) < 4.78 is 23.6. The first-order valence-corrected chi connectivity index (χ1v) is 11.4. The van der Waals surface area contributed by atoms with Crippen LogP contribution in [0.4, 0.5) is 5.69 Å². The van der Waals surface area contributed by atoms with Crippen LogP contribution in [0.1, 0.15) is 36.5 Å². The monoisotopic (exact) mass is 428 g/mol. The second-order valence-corrected chi connectivity index (χ2v) is 9.42. The largest absolute Gasteiger partial charge is 0.363 e. The Bertz CT molecular complexity index is 1080. The molecule has 3 aromatic carbocycles. The fraction of sp³-hybridized carbons (Fsp3) is 0.217. The van der Waals surface area contributed by atoms with Crippen molar-refractivity contribution < 1.29 is 8.42 Å². The van der Waals surface area contributed by atoms with Gasteiger partial charge in [-0.05, 0) is 52.9 Å². The van der Waals surface area contributed by atoms with Crippen LogP contribution in [0.5, 0.6) is 0 Å². The van der Waals surface area contributed by atoms with Crippen molar-refractivity contribution in [3.8, 4) is 0 Å². The Labute approximate surface area is 178 Å². The molecule has 0 aromatic heterocycles. The molecular formula is C23H25ClN2O2S. The van der Waals surface area contributed by atoms with Crippen molar-refractivity contribution >= 4 is 27.3 Å². The number of sulfonamides is 1. The molecule has 29 heavy (non-hydrogen) atoms. The first-order chi connectivity index (χ1) is 13.7. The number of nitrogens with two attached hydrogens (primary N) is 1. The third-order valence-electron chi connectivity index (χ3n) is 4.79. The van der Waals surface area contributed by atoms with E-state index in [1.807, 2.05) is 30.3 Å². The lowest BCUT2D eigenvalue weighted by Gasteiger charge is -2.26. The normalized spacial score (nSPS) is 11.6. The lowest BCUT2D eigenvalue weighted by atomic mass is 10.0. The van der Waals surface area contributed by atoms with E-state index in [4.69, 9.17) is 16.7 Å². The van der Waals surface area contributed by atoms with Crippen LogP contribution in [0.3, 0.4) is 0 Å². The molecule has 0 aliphatic heterocycles. The van der Waals surface area contributed by atoms with Crippen molar-refractivity contribution in [1.82, 2.24) is 0 Å². The van der Waals surface area contributed by atoms with E-state index in [0.717, 1.165) is 16.8 Å². The van der Waals surface area contributed by atoms with Crippen molar-refractivity contribution in [2.75, 3.05) is 4.90 Å². The van der Waals surface area contributed by atoms with Crippen LogP contribution in [0.15, 0.2) is 77.7 Å². The van der Waals surface area contributed by atoms with Crippen LogP contribution >= 0.6 is 11.6 Å². The SMILES string of the molecule is CC(C)c1ccc(CN(Cc2cccc(Cl)c2)c2cccc(S(N)(=O)=O)c2)cc1. The summed E-state index contributed by atoms with van der Waals surface area (Å²) in [5, 5.41) is 6.00. The predicted octanol–water partition coefficient (Wildman–Crippen LogP) is 5.32. The topological polar surface area (TPSA) is 63.4 Å². The van der Waals surface area contributed by atoms with E-state index in [0.29, 0.717) is 24.0 Å². The number of primary sulfonamides is 1. The molecule has 0 spiro atoms. The summed E-state index contributed by atoms with van der Waals surface area (Å²) >= 11 is 6.15. The minimum absolute atomic E-state index is 0.0984. The van der Waals surface area contributed by atoms with Crippen LogP contribution < -0.4 is 10.0 Å². The zero-order chi connectivity index (χ0) is 21.0. The highest BCUT2D eigenvalue weighted by molar-refractivity contribution is 7.89. The van der Waals surface area contributed by atoms with Crippen molar-refractivity contribution in [3.63, 3.8) is 0 Å². The van der Waals surface area contributed by atoms with E-state index in [2.05, 4.69) is 43.0 Å². The molecule has 0 fully saturated rings. The third kappa shape index (κ3) is 5.82. The smallest absolute Gasteiger partial charge is 0.238 e. The lowest BCUT2D eigenvalue weighted by Crippen LogP contribution is -2.23. The van der Waals surface area contributed by atoms with E-state index in [1.54, 1.807) is 12.1 Å². The number of halogens is 1. The average Bonchev–Trinajstić information content (AvgIpc) is 2.67. The fourth-order valence-corrected chi connectivity index (χ4v) is 3.95. The van der Waals surface area contributed by atoms with E-state index < -0.39 is 10.0 Å². The maximum atomic E-state index is 11.8. The highest BCUT2D eigenvalue weighted by Gasteiger charge is 2.14. The van der Waals surface area contributed by atoms with Crippen LogP contribution in [-0.2, 0) is 23.1 Å². The van der Waals surface area contributed by atoms with Crippen molar-refractivity contribution in [2.45, 2.75) is 37.8 Å². The Morgan fingerprint density at radius 2 is 1.55 bits per heavy atom. The molecule has 0 aliphatic rings. The van der Waals surface area contributed by atoms with Crippen LogP contribution in [0, 0.1) is 0 Å². The molecule has 152 valence electrons.